The summed E-state index contributed by atoms with van der Waals surface area (Å²) in [7, 11) is 0. The standard InChI is InChI=1S/C18H19NO3/c1-4-22-18(21)17-12(2)16(13(3)19-17)15(20)11-10-14-8-6-5-7-9-14/h5-11,19H,4H2,1-3H3. The van der Waals surface area contributed by atoms with Crippen LogP contribution in [0.25, 0.3) is 6.08 Å². The third-order valence-electron chi connectivity index (χ3n) is 3.39. The molecule has 0 atom stereocenters. The lowest BCUT2D eigenvalue weighted by atomic mass is 10.0. The fourth-order valence-corrected chi connectivity index (χ4v) is 2.35. The van der Waals surface area contributed by atoms with Gasteiger partial charge in [-0.3, -0.25) is 4.79 Å². The van der Waals surface area contributed by atoms with Gasteiger partial charge in [-0.15, -0.1) is 0 Å². The minimum atomic E-state index is -0.436. The molecule has 0 amide bonds. The minimum Gasteiger partial charge on any atom is -0.461 e. The first kappa shape index (κ1) is 15.8. The normalized spacial score (nSPS) is 10.9. The molecular formula is C18H19NO3. The number of nitrogens with one attached hydrogen (secondary N) is 1. The summed E-state index contributed by atoms with van der Waals surface area (Å²) in [4.78, 5) is 27.2. The van der Waals surface area contributed by atoms with Gasteiger partial charge in [0.25, 0.3) is 0 Å². The SMILES string of the molecule is CCOC(=O)c1[nH]c(C)c(C(=O)C=Cc2ccccc2)c1C. The molecule has 4 heteroatoms. The van der Waals surface area contributed by atoms with Crippen LogP contribution in [0.4, 0.5) is 0 Å². The summed E-state index contributed by atoms with van der Waals surface area (Å²) in [5.41, 5.74) is 3.11. The molecule has 0 saturated carbocycles. The van der Waals surface area contributed by atoms with Crippen molar-refractivity contribution in [1.29, 1.82) is 0 Å². The van der Waals surface area contributed by atoms with Crippen molar-refractivity contribution >= 4 is 17.8 Å². The van der Waals surface area contributed by atoms with Crippen molar-refractivity contribution in [3.05, 3.63) is 64.5 Å². The van der Waals surface area contributed by atoms with E-state index in [0.29, 0.717) is 29.1 Å². The van der Waals surface area contributed by atoms with Gasteiger partial charge in [-0.2, -0.15) is 0 Å². The Morgan fingerprint density at radius 2 is 1.86 bits per heavy atom. The molecule has 0 fully saturated rings. The molecule has 1 N–H and O–H groups in total. The zero-order chi connectivity index (χ0) is 16.1. The van der Waals surface area contributed by atoms with Crippen molar-refractivity contribution in [3.8, 4) is 0 Å². The number of H-pyrrole nitrogens is 1. The average Bonchev–Trinajstić information content (AvgIpc) is 2.81. The van der Waals surface area contributed by atoms with Crippen molar-refractivity contribution in [1.82, 2.24) is 4.98 Å². The van der Waals surface area contributed by atoms with Gasteiger partial charge in [0.05, 0.1) is 6.61 Å². The van der Waals surface area contributed by atoms with Crippen LogP contribution in [-0.4, -0.2) is 23.3 Å². The summed E-state index contributed by atoms with van der Waals surface area (Å²) in [6.45, 7) is 5.57. The monoisotopic (exact) mass is 297 g/mol. The molecule has 0 bridgehead atoms. The molecule has 2 aromatic rings. The van der Waals surface area contributed by atoms with Gasteiger partial charge in [0.15, 0.2) is 5.78 Å². The molecular weight excluding hydrogens is 278 g/mol. The van der Waals surface area contributed by atoms with Gasteiger partial charge >= 0.3 is 5.97 Å². The molecule has 0 spiro atoms. The van der Waals surface area contributed by atoms with E-state index in [1.54, 1.807) is 26.8 Å². The summed E-state index contributed by atoms with van der Waals surface area (Å²) in [6.07, 6.45) is 3.28. The average molecular weight is 297 g/mol. The van der Waals surface area contributed by atoms with Crippen LogP contribution in [0.2, 0.25) is 0 Å². The van der Waals surface area contributed by atoms with Gasteiger partial charge in [0.1, 0.15) is 5.69 Å². The molecule has 0 aliphatic carbocycles. The fraction of sp³-hybridized carbons (Fsp3) is 0.222. The Balaban J connectivity index is 2.27. The maximum absolute atomic E-state index is 12.4. The van der Waals surface area contributed by atoms with Crippen molar-refractivity contribution < 1.29 is 14.3 Å². The Bertz CT molecular complexity index is 711. The van der Waals surface area contributed by atoms with Gasteiger partial charge in [-0.05, 0) is 38.0 Å². The zero-order valence-corrected chi connectivity index (χ0v) is 13.0. The molecule has 2 rings (SSSR count). The Hall–Kier alpha value is -2.62. The lowest BCUT2D eigenvalue weighted by molar-refractivity contribution is 0.0519. The first-order valence-corrected chi connectivity index (χ1v) is 7.18. The highest BCUT2D eigenvalue weighted by Crippen LogP contribution is 2.20. The summed E-state index contributed by atoms with van der Waals surface area (Å²) in [5.74, 6) is -0.570. The molecule has 22 heavy (non-hydrogen) atoms. The Kier molecular flexibility index (Phi) is 4.94. The Morgan fingerprint density at radius 3 is 2.50 bits per heavy atom. The van der Waals surface area contributed by atoms with E-state index in [9.17, 15) is 9.59 Å². The Morgan fingerprint density at radius 1 is 1.18 bits per heavy atom. The quantitative estimate of drug-likeness (QED) is 0.520. The van der Waals surface area contributed by atoms with Crippen LogP contribution < -0.4 is 0 Å². The van der Waals surface area contributed by atoms with Gasteiger partial charge in [0, 0.05) is 11.3 Å². The molecule has 1 aromatic heterocycles. The second kappa shape index (κ2) is 6.89. The zero-order valence-electron chi connectivity index (χ0n) is 13.0. The van der Waals surface area contributed by atoms with E-state index in [1.807, 2.05) is 30.3 Å². The van der Waals surface area contributed by atoms with Crippen molar-refractivity contribution in [2.45, 2.75) is 20.8 Å². The molecule has 1 aromatic carbocycles. The van der Waals surface area contributed by atoms with Crippen LogP contribution >= 0.6 is 0 Å². The van der Waals surface area contributed by atoms with E-state index in [-0.39, 0.29) is 5.78 Å². The molecule has 0 radical (unpaired) electrons. The smallest absolute Gasteiger partial charge is 0.355 e. The lowest BCUT2D eigenvalue weighted by Gasteiger charge is -2.00. The van der Waals surface area contributed by atoms with E-state index in [0.717, 1.165) is 5.56 Å². The van der Waals surface area contributed by atoms with Gasteiger partial charge < -0.3 is 9.72 Å². The number of benzene rings is 1. The number of aromatic nitrogens is 1. The van der Waals surface area contributed by atoms with Gasteiger partial charge in [0.2, 0.25) is 0 Å². The third kappa shape index (κ3) is 3.34. The molecule has 1 heterocycles. The minimum absolute atomic E-state index is 0.134. The van der Waals surface area contributed by atoms with E-state index in [2.05, 4.69) is 4.98 Å². The van der Waals surface area contributed by atoms with Gasteiger partial charge in [-0.1, -0.05) is 36.4 Å². The second-order valence-corrected chi connectivity index (χ2v) is 4.95. The van der Waals surface area contributed by atoms with Crippen LogP contribution in [-0.2, 0) is 4.74 Å². The number of aryl methyl sites for hydroxylation is 1. The maximum atomic E-state index is 12.4. The van der Waals surface area contributed by atoms with Crippen molar-refractivity contribution in [3.63, 3.8) is 0 Å². The fourth-order valence-electron chi connectivity index (χ4n) is 2.35. The number of carbonyl (C=O) groups excluding carboxylic acids is 2. The van der Waals surface area contributed by atoms with Crippen molar-refractivity contribution in [2.75, 3.05) is 6.61 Å². The van der Waals surface area contributed by atoms with E-state index in [4.69, 9.17) is 4.74 Å². The Labute approximate surface area is 129 Å². The lowest BCUT2D eigenvalue weighted by Crippen LogP contribution is -2.07. The summed E-state index contributed by atoms with van der Waals surface area (Å²) < 4.78 is 4.99. The molecule has 114 valence electrons. The molecule has 0 saturated heterocycles. The summed E-state index contributed by atoms with van der Waals surface area (Å²) in [5, 5.41) is 0. The first-order valence-electron chi connectivity index (χ1n) is 7.18. The number of aromatic amines is 1. The third-order valence-corrected chi connectivity index (χ3v) is 3.39. The molecule has 0 aliphatic rings. The van der Waals surface area contributed by atoms with Crippen LogP contribution in [0.1, 0.15) is 44.6 Å². The van der Waals surface area contributed by atoms with E-state index >= 15 is 0 Å². The first-order chi connectivity index (χ1) is 10.5. The predicted octanol–water partition coefficient (Wildman–Crippen LogP) is 3.70. The van der Waals surface area contributed by atoms with Crippen molar-refractivity contribution in [2.24, 2.45) is 0 Å². The number of esters is 1. The highest BCUT2D eigenvalue weighted by atomic mass is 16.5. The second-order valence-electron chi connectivity index (χ2n) is 4.95. The summed E-state index contributed by atoms with van der Waals surface area (Å²) >= 11 is 0. The largest absolute Gasteiger partial charge is 0.461 e. The van der Waals surface area contributed by atoms with Crippen LogP contribution in [0.3, 0.4) is 0 Å². The maximum Gasteiger partial charge on any atom is 0.355 e. The molecule has 4 nitrogen and oxygen atoms in total. The summed E-state index contributed by atoms with van der Waals surface area (Å²) in [6, 6.07) is 9.59. The van der Waals surface area contributed by atoms with E-state index in [1.165, 1.54) is 6.08 Å². The molecule has 0 aliphatic heterocycles. The predicted molar refractivity (Wildman–Crippen MR) is 86.0 cm³/mol. The highest BCUT2D eigenvalue weighted by Gasteiger charge is 2.21. The number of carbonyl (C=O) groups is 2. The number of hydrogen-bond donors (Lipinski definition) is 1. The van der Waals surface area contributed by atoms with Crippen LogP contribution in [0, 0.1) is 13.8 Å². The number of allylic oxidation sites excluding steroid dienone is 1. The topological polar surface area (TPSA) is 59.2 Å². The number of rotatable bonds is 5. The van der Waals surface area contributed by atoms with Gasteiger partial charge in [-0.25, -0.2) is 4.79 Å². The van der Waals surface area contributed by atoms with Crippen LogP contribution in [0.5, 0.6) is 0 Å². The number of ketones is 1. The number of ether oxygens (including phenoxy) is 1. The van der Waals surface area contributed by atoms with E-state index < -0.39 is 5.97 Å². The highest BCUT2D eigenvalue weighted by molar-refractivity contribution is 6.10. The molecule has 0 unspecified atom stereocenters. The van der Waals surface area contributed by atoms with Crippen LogP contribution in [0.15, 0.2) is 36.4 Å². The number of hydrogen-bond acceptors (Lipinski definition) is 3.